The number of non-ortho nitro benzene ring substituents is 1. The Balaban J connectivity index is 1.46. The molecule has 1 N–H and O–H groups in total. The van der Waals surface area contributed by atoms with E-state index in [0.717, 1.165) is 13.8 Å². The van der Waals surface area contributed by atoms with E-state index >= 15 is 0 Å². The first-order chi connectivity index (χ1) is 17.4. The second-order valence-corrected chi connectivity index (χ2v) is 9.63. The number of hydrogen-bond acceptors (Lipinski definition) is 8. The van der Waals surface area contributed by atoms with Crippen molar-refractivity contribution < 1.29 is 19.2 Å². The summed E-state index contributed by atoms with van der Waals surface area (Å²) in [5.74, 6) is 0.592. The average molecular weight is 612 g/mol. The van der Waals surface area contributed by atoms with Crippen molar-refractivity contribution in [2.24, 2.45) is 5.10 Å². The van der Waals surface area contributed by atoms with Crippen molar-refractivity contribution in [3.63, 3.8) is 0 Å². The van der Waals surface area contributed by atoms with Gasteiger partial charge in [-0.25, -0.2) is 5.43 Å². The van der Waals surface area contributed by atoms with Gasteiger partial charge in [0.05, 0.1) is 38.3 Å². The summed E-state index contributed by atoms with van der Waals surface area (Å²) in [6.07, 6.45) is 1.48. The molecule has 0 atom stereocenters. The van der Waals surface area contributed by atoms with Gasteiger partial charge in [-0.15, -0.1) is 11.3 Å². The fourth-order valence-corrected chi connectivity index (χ4v) is 5.05. The number of hydrazone groups is 1. The van der Waals surface area contributed by atoms with E-state index < -0.39 is 10.8 Å². The third kappa shape index (κ3) is 5.61. The summed E-state index contributed by atoms with van der Waals surface area (Å²) < 4.78 is 13.0. The Bertz CT molecular complexity index is 1540. The van der Waals surface area contributed by atoms with E-state index in [0.29, 0.717) is 32.9 Å². The van der Waals surface area contributed by atoms with Crippen LogP contribution in [0.3, 0.4) is 0 Å². The van der Waals surface area contributed by atoms with Crippen LogP contribution in [-0.2, 0) is 6.61 Å². The van der Waals surface area contributed by atoms with Crippen LogP contribution in [0.4, 0.5) is 5.69 Å². The normalized spacial score (nSPS) is 10.8. The van der Waals surface area contributed by atoms with Crippen molar-refractivity contribution in [3.8, 4) is 17.6 Å². The third-order valence-electron chi connectivity index (χ3n) is 5.08. The number of thiophene rings is 1. The van der Waals surface area contributed by atoms with Crippen LogP contribution in [0.15, 0.2) is 65.8 Å². The molecule has 11 heteroatoms. The second-order valence-electron chi connectivity index (χ2n) is 7.38. The summed E-state index contributed by atoms with van der Waals surface area (Å²) in [6, 6.07) is 19.0. The number of carbonyl (C=O) groups is 1. The lowest BCUT2D eigenvalue weighted by molar-refractivity contribution is -0.384. The van der Waals surface area contributed by atoms with E-state index in [4.69, 9.17) is 9.47 Å². The van der Waals surface area contributed by atoms with E-state index in [-0.39, 0.29) is 12.3 Å². The number of methoxy groups -OCH3 is 1. The largest absolute Gasteiger partial charge is 0.493 e. The Morgan fingerprint density at radius 1 is 1.25 bits per heavy atom. The molecule has 0 saturated heterocycles. The van der Waals surface area contributed by atoms with Crippen LogP contribution in [0.25, 0.3) is 10.1 Å². The van der Waals surface area contributed by atoms with Crippen molar-refractivity contribution in [2.45, 2.75) is 6.61 Å². The quantitative estimate of drug-likeness (QED) is 0.119. The van der Waals surface area contributed by atoms with E-state index in [1.165, 1.54) is 36.8 Å². The first kappa shape index (κ1) is 25.1. The lowest BCUT2D eigenvalue weighted by atomic mass is 10.1. The molecule has 1 amide bonds. The molecule has 180 valence electrons. The number of ether oxygens (including phenoxy) is 2. The Labute approximate surface area is 223 Å². The molecule has 0 aliphatic heterocycles. The molecule has 0 radical (unpaired) electrons. The number of nitrogens with one attached hydrogen (secondary N) is 1. The molecule has 1 aromatic heterocycles. The predicted octanol–water partition coefficient (Wildman–Crippen LogP) is 5.64. The number of nitro benzene ring substituents is 1. The maximum absolute atomic E-state index is 12.5. The number of nitriles is 1. The number of fused-ring (bicyclic) bond motifs is 1. The number of nitro groups is 1. The number of rotatable bonds is 8. The first-order valence-corrected chi connectivity index (χ1v) is 12.3. The molecule has 36 heavy (non-hydrogen) atoms. The molecule has 0 unspecified atom stereocenters. The van der Waals surface area contributed by atoms with Gasteiger partial charge in [-0.05, 0) is 58.5 Å². The fraction of sp³-hybridized carbons (Fsp3) is 0.0800. The summed E-state index contributed by atoms with van der Waals surface area (Å²) in [6.45, 7) is 0.206. The number of carbonyl (C=O) groups excluding carboxylic acids is 1. The highest BCUT2D eigenvalue weighted by Crippen LogP contribution is 2.34. The maximum Gasteiger partial charge on any atom is 0.281 e. The van der Waals surface area contributed by atoms with Gasteiger partial charge in [-0.2, -0.15) is 10.4 Å². The molecule has 4 rings (SSSR count). The second kappa shape index (κ2) is 11.1. The van der Waals surface area contributed by atoms with Gasteiger partial charge in [0.25, 0.3) is 11.6 Å². The van der Waals surface area contributed by atoms with Crippen LogP contribution in [-0.4, -0.2) is 24.2 Å². The van der Waals surface area contributed by atoms with Gasteiger partial charge in [0, 0.05) is 27.8 Å². The summed E-state index contributed by atoms with van der Waals surface area (Å²) in [7, 11) is 1.52. The standard InChI is InChI=1S/C25H17IN4O5S/c1-34-21-9-15(8-20(26)24(21)35-14-17-5-3-2-4-16(17)12-27)13-28-29-25(31)23-11-18-10-19(30(32)33)6-7-22(18)36-23/h2-11,13H,14H2,1H3,(H,29,31)/b28-13-. The molecule has 0 fully saturated rings. The zero-order valence-electron chi connectivity index (χ0n) is 18.7. The van der Waals surface area contributed by atoms with Crippen molar-refractivity contribution in [1.82, 2.24) is 5.43 Å². The Morgan fingerprint density at radius 3 is 2.81 bits per heavy atom. The van der Waals surface area contributed by atoms with Gasteiger partial charge in [0.1, 0.15) is 6.61 Å². The smallest absolute Gasteiger partial charge is 0.281 e. The summed E-state index contributed by atoms with van der Waals surface area (Å²) in [5, 5.41) is 24.9. The highest BCUT2D eigenvalue weighted by Gasteiger charge is 2.14. The molecule has 0 saturated carbocycles. The van der Waals surface area contributed by atoms with Gasteiger partial charge in [-0.3, -0.25) is 14.9 Å². The number of nitrogens with zero attached hydrogens (tertiary/aromatic N) is 3. The van der Waals surface area contributed by atoms with Crippen molar-refractivity contribution in [2.75, 3.05) is 7.11 Å². The molecule has 0 spiro atoms. The van der Waals surface area contributed by atoms with Crippen LogP contribution < -0.4 is 14.9 Å². The highest BCUT2D eigenvalue weighted by atomic mass is 127. The fourth-order valence-electron chi connectivity index (χ4n) is 3.34. The monoisotopic (exact) mass is 612 g/mol. The van der Waals surface area contributed by atoms with E-state index in [2.05, 4.69) is 39.2 Å². The number of halogens is 1. The van der Waals surface area contributed by atoms with Crippen molar-refractivity contribution in [3.05, 3.63) is 95.9 Å². The lowest BCUT2D eigenvalue weighted by Gasteiger charge is -2.14. The zero-order chi connectivity index (χ0) is 25.7. The van der Waals surface area contributed by atoms with Crippen LogP contribution in [0.1, 0.15) is 26.4 Å². The maximum atomic E-state index is 12.5. The van der Waals surface area contributed by atoms with Crippen LogP contribution in [0, 0.1) is 25.0 Å². The Hall–Kier alpha value is -4.02. The van der Waals surface area contributed by atoms with Crippen molar-refractivity contribution >= 4 is 61.8 Å². The minimum absolute atomic E-state index is 0.0319. The number of amides is 1. The zero-order valence-corrected chi connectivity index (χ0v) is 21.7. The minimum atomic E-state index is -0.474. The number of benzene rings is 3. The molecular weight excluding hydrogens is 595 g/mol. The topological polar surface area (TPSA) is 127 Å². The predicted molar refractivity (Wildman–Crippen MR) is 145 cm³/mol. The summed E-state index contributed by atoms with van der Waals surface area (Å²) in [5.41, 5.74) is 4.43. The Morgan fingerprint density at radius 2 is 2.06 bits per heavy atom. The van der Waals surface area contributed by atoms with Gasteiger partial charge < -0.3 is 9.47 Å². The van der Waals surface area contributed by atoms with E-state index in [1.54, 1.807) is 30.3 Å². The van der Waals surface area contributed by atoms with Crippen LogP contribution >= 0.6 is 33.9 Å². The van der Waals surface area contributed by atoms with Crippen molar-refractivity contribution in [1.29, 1.82) is 5.26 Å². The highest BCUT2D eigenvalue weighted by molar-refractivity contribution is 14.1. The Kier molecular flexibility index (Phi) is 7.77. The molecule has 3 aromatic carbocycles. The molecule has 0 bridgehead atoms. The molecule has 1 heterocycles. The minimum Gasteiger partial charge on any atom is -0.493 e. The van der Waals surface area contributed by atoms with Gasteiger partial charge in [0.15, 0.2) is 11.5 Å². The van der Waals surface area contributed by atoms with Gasteiger partial charge in [-0.1, -0.05) is 18.2 Å². The first-order valence-electron chi connectivity index (χ1n) is 10.4. The van der Waals surface area contributed by atoms with E-state index in [1.807, 2.05) is 18.2 Å². The van der Waals surface area contributed by atoms with Crippen LogP contribution in [0.2, 0.25) is 0 Å². The molecule has 4 aromatic rings. The molecular formula is C25H17IN4O5S. The SMILES string of the molecule is COc1cc(/C=N\NC(=O)c2cc3cc([N+](=O)[O-])ccc3s2)cc(I)c1OCc1ccccc1C#N. The molecule has 0 aliphatic carbocycles. The lowest BCUT2D eigenvalue weighted by Crippen LogP contribution is -2.16. The molecule has 9 nitrogen and oxygen atoms in total. The number of hydrogen-bond donors (Lipinski definition) is 1. The average Bonchev–Trinajstić information content (AvgIpc) is 3.31. The van der Waals surface area contributed by atoms with E-state index in [9.17, 15) is 20.2 Å². The summed E-state index contributed by atoms with van der Waals surface area (Å²) in [4.78, 5) is 23.4. The summed E-state index contributed by atoms with van der Waals surface area (Å²) >= 11 is 3.34. The van der Waals surface area contributed by atoms with Gasteiger partial charge >= 0.3 is 0 Å². The third-order valence-corrected chi connectivity index (χ3v) is 6.99. The molecule has 0 aliphatic rings. The van der Waals surface area contributed by atoms with Crippen LogP contribution in [0.5, 0.6) is 11.5 Å². The van der Waals surface area contributed by atoms with Gasteiger partial charge in [0.2, 0.25) is 0 Å².